The summed E-state index contributed by atoms with van der Waals surface area (Å²) >= 11 is 6.66. The number of carbonyl (C=O) groups is 2. The molecule has 15 nitrogen and oxygen atoms in total. The Balaban J connectivity index is 0.791. The summed E-state index contributed by atoms with van der Waals surface area (Å²) in [5.41, 5.74) is 3.84. The smallest absolute Gasteiger partial charge is 0.301 e. The summed E-state index contributed by atoms with van der Waals surface area (Å²) in [6.07, 6.45) is 4.76. The molecule has 3 saturated heterocycles. The van der Waals surface area contributed by atoms with Gasteiger partial charge in [0.15, 0.2) is 12.4 Å². The average Bonchev–Trinajstić information content (AvgIpc) is 4.06. The second kappa shape index (κ2) is 15.7. The Kier molecular flexibility index (Phi) is 10.2. The topological polar surface area (TPSA) is 155 Å². The molecule has 326 valence electrons. The van der Waals surface area contributed by atoms with Crippen molar-refractivity contribution < 1.29 is 23.1 Å². The highest BCUT2D eigenvalue weighted by Crippen LogP contribution is 2.46. The predicted molar refractivity (Wildman–Crippen MR) is 234 cm³/mol. The van der Waals surface area contributed by atoms with Gasteiger partial charge in [0.2, 0.25) is 23.5 Å². The number of nitrogens with zero attached hydrogens (tertiary/aromatic N) is 8. The molecule has 0 bridgehead atoms. The Labute approximate surface area is 361 Å². The minimum absolute atomic E-state index is 0.107. The number of hydrogen-bond acceptors (Lipinski definition) is 12. The largest absolute Gasteiger partial charge is 0.480 e. The van der Waals surface area contributed by atoms with Gasteiger partial charge in [-0.3, -0.25) is 29.3 Å². The lowest BCUT2D eigenvalue weighted by atomic mass is 9.86. The number of alkyl halides is 2. The molecule has 4 atom stereocenters. The summed E-state index contributed by atoms with van der Waals surface area (Å²) < 4.78 is 39.2. The van der Waals surface area contributed by atoms with Crippen molar-refractivity contribution in [2.45, 2.75) is 56.9 Å². The van der Waals surface area contributed by atoms with Gasteiger partial charge in [-0.05, 0) is 67.7 Å². The van der Waals surface area contributed by atoms with Crippen molar-refractivity contribution in [2.75, 3.05) is 72.9 Å². The third-order valence-corrected chi connectivity index (χ3v) is 13.9. The average molecular weight is 870 g/mol. The van der Waals surface area contributed by atoms with Crippen LogP contribution in [0.1, 0.15) is 50.6 Å². The van der Waals surface area contributed by atoms with Crippen molar-refractivity contribution in [3.8, 4) is 5.75 Å². The zero-order valence-corrected chi connectivity index (χ0v) is 35.7. The second-order valence-electron chi connectivity index (χ2n) is 17.7. The SMILES string of the molecule is CC1CN(c2ncc(Cl)c(Nc3ccc4c(c3)c3c(c(=O)n4C)OCC(F)(F)C(C4CC4)N3)n2)CCC1CN1CCN(c2cccc3c(C4CCC(=O)NC4=O)nn(C)c23)CC1. The number of aryl methyl sites for hydroxylation is 2. The number of nitrogens with one attached hydrogen (secondary N) is 3. The van der Waals surface area contributed by atoms with Gasteiger partial charge in [0.1, 0.15) is 5.02 Å². The highest BCUT2D eigenvalue weighted by Gasteiger charge is 2.51. The number of piperazine rings is 1. The van der Waals surface area contributed by atoms with Gasteiger partial charge in [-0.15, -0.1) is 0 Å². The van der Waals surface area contributed by atoms with Crippen molar-refractivity contribution >= 4 is 74.0 Å². The van der Waals surface area contributed by atoms with Gasteiger partial charge in [-0.25, -0.2) is 13.8 Å². The van der Waals surface area contributed by atoms with Gasteiger partial charge in [-0.1, -0.05) is 30.7 Å². The Morgan fingerprint density at radius 3 is 2.55 bits per heavy atom. The van der Waals surface area contributed by atoms with Crippen LogP contribution in [-0.4, -0.2) is 105 Å². The minimum Gasteiger partial charge on any atom is -0.480 e. The molecule has 62 heavy (non-hydrogen) atoms. The van der Waals surface area contributed by atoms with E-state index in [1.165, 1.54) is 4.57 Å². The molecule has 4 unspecified atom stereocenters. The number of benzene rings is 2. The van der Waals surface area contributed by atoms with Crippen molar-refractivity contribution in [2.24, 2.45) is 31.8 Å². The first-order chi connectivity index (χ1) is 29.8. The van der Waals surface area contributed by atoms with Crippen LogP contribution in [0.4, 0.5) is 37.6 Å². The summed E-state index contributed by atoms with van der Waals surface area (Å²) in [5, 5.41) is 15.5. The normalized spacial score (nSPS) is 24.4. The molecule has 5 aliphatic rings. The third-order valence-electron chi connectivity index (χ3n) is 13.6. The van der Waals surface area contributed by atoms with Crippen molar-refractivity contribution in [3.05, 3.63) is 63.7 Å². The van der Waals surface area contributed by atoms with Crippen LogP contribution in [0.2, 0.25) is 5.02 Å². The van der Waals surface area contributed by atoms with E-state index in [0.29, 0.717) is 70.9 Å². The lowest BCUT2D eigenvalue weighted by Gasteiger charge is -2.42. The van der Waals surface area contributed by atoms with E-state index in [9.17, 15) is 14.4 Å². The number of rotatable bonds is 8. The summed E-state index contributed by atoms with van der Waals surface area (Å²) in [6, 6.07) is 10.5. The number of hydrogen-bond donors (Lipinski definition) is 3. The molecule has 18 heteroatoms. The number of ether oxygens (including phenoxy) is 1. The molecule has 5 aromatic rings. The van der Waals surface area contributed by atoms with Crippen molar-refractivity contribution in [1.82, 2.24) is 34.5 Å². The molecule has 2 amide bonds. The lowest BCUT2D eigenvalue weighted by Crippen LogP contribution is -2.50. The van der Waals surface area contributed by atoms with Crippen LogP contribution in [0.25, 0.3) is 21.8 Å². The van der Waals surface area contributed by atoms with Gasteiger partial charge in [0, 0.05) is 82.8 Å². The number of anilines is 5. The van der Waals surface area contributed by atoms with E-state index < -0.39 is 30.0 Å². The number of piperidine rings is 2. The summed E-state index contributed by atoms with van der Waals surface area (Å²) in [4.78, 5) is 54.5. The number of pyridine rings is 1. The molecule has 3 N–H and O–H groups in total. The molecule has 7 heterocycles. The van der Waals surface area contributed by atoms with Crippen LogP contribution in [0.15, 0.2) is 47.4 Å². The maximum atomic E-state index is 15.2. The number of para-hydroxylation sites is 1. The van der Waals surface area contributed by atoms with Crippen LogP contribution in [0.3, 0.4) is 0 Å². The van der Waals surface area contributed by atoms with E-state index in [1.807, 2.05) is 36.0 Å². The Hall–Kier alpha value is -5.55. The minimum atomic E-state index is -3.13. The number of aromatic nitrogens is 5. The number of carbonyl (C=O) groups excluding carboxylic acids is 2. The quantitative estimate of drug-likeness (QED) is 0.166. The van der Waals surface area contributed by atoms with Gasteiger partial charge in [0.25, 0.3) is 5.56 Å². The van der Waals surface area contributed by atoms with Gasteiger partial charge >= 0.3 is 5.92 Å². The number of imide groups is 1. The van der Waals surface area contributed by atoms with Crippen molar-refractivity contribution in [3.63, 3.8) is 0 Å². The maximum absolute atomic E-state index is 15.2. The molecule has 3 aromatic heterocycles. The van der Waals surface area contributed by atoms with E-state index >= 15 is 8.78 Å². The number of fused-ring (bicyclic) bond motifs is 4. The first-order valence-electron chi connectivity index (χ1n) is 21.6. The molecule has 10 rings (SSSR count). The Morgan fingerprint density at radius 1 is 0.984 bits per heavy atom. The van der Waals surface area contributed by atoms with Crippen molar-refractivity contribution in [1.29, 1.82) is 0 Å². The zero-order valence-electron chi connectivity index (χ0n) is 35.0. The molecule has 0 spiro atoms. The van der Waals surface area contributed by atoms with E-state index in [4.69, 9.17) is 26.4 Å². The maximum Gasteiger partial charge on any atom is 0.301 e. The number of halogens is 3. The van der Waals surface area contributed by atoms with E-state index in [0.717, 1.165) is 74.5 Å². The third kappa shape index (κ3) is 7.35. The fourth-order valence-electron chi connectivity index (χ4n) is 9.98. The van der Waals surface area contributed by atoms with Gasteiger partial charge < -0.3 is 29.7 Å². The molecule has 1 aliphatic carbocycles. The van der Waals surface area contributed by atoms with Crippen LogP contribution < -0.4 is 36.0 Å². The standard InChI is InChI=1S/C44H50ClF2N11O4/c1-24-21-58(14-13-26(24)22-56-15-17-57(18-16-56)33-6-4-5-28-35(53-55(3)37(28)33)29-10-12-34(59)50-41(29)60)43-48-20-31(45)40(52-43)49-27-9-11-32-30(19-27)36-38(42(61)54(32)2)62-23-44(46,47)39(51-36)25-7-8-25/h4-6,9,11,19-20,24-26,29,39,51H,7-8,10,12-18,21-23H2,1-3H3,(H,48,49,52)(H,50,59,60). The first-order valence-corrected chi connectivity index (χ1v) is 22.0. The Morgan fingerprint density at radius 2 is 1.79 bits per heavy atom. The molecule has 4 aliphatic heterocycles. The highest BCUT2D eigenvalue weighted by atomic mass is 35.5. The molecular weight excluding hydrogens is 820 g/mol. The summed E-state index contributed by atoms with van der Waals surface area (Å²) in [5.74, 6) is -2.50. The van der Waals surface area contributed by atoms with Crippen LogP contribution >= 0.6 is 11.6 Å². The van der Waals surface area contributed by atoms with Crippen LogP contribution in [0.5, 0.6) is 5.75 Å². The number of amides is 2. The first kappa shape index (κ1) is 40.5. The Bertz CT molecular complexity index is 2660. The second-order valence-corrected chi connectivity index (χ2v) is 18.2. The lowest BCUT2D eigenvalue weighted by molar-refractivity contribution is -0.134. The highest BCUT2D eigenvalue weighted by molar-refractivity contribution is 6.33. The molecule has 4 fully saturated rings. The monoisotopic (exact) mass is 869 g/mol. The zero-order chi connectivity index (χ0) is 43.0. The van der Waals surface area contributed by atoms with Gasteiger partial charge in [0.05, 0.1) is 46.3 Å². The molecule has 2 aromatic carbocycles. The fraction of sp³-hybridized carbons (Fsp3) is 0.500. The summed E-state index contributed by atoms with van der Waals surface area (Å²) in [6.45, 7) is 7.63. The summed E-state index contributed by atoms with van der Waals surface area (Å²) in [7, 11) is 3.53. The predicted octanol–water partition coefficient (Wildman–Crippen LogP) is 5.64. The van der Waals surface area contributed by atoms with E-state index in [1.54, 1.807) is 19.3 Å². The van der Waals surface area contributed by atoms with E-state index in [-0.39, 0.29) is 29.2 Å². The van der Waals surface area contributed by atoms with Crippen LogP contribution in [0, 0.1) is 17.8 Å². The molecule has 0 radical (unpaired) electrons. The fourth-order valence-corrected chi connectivity index (χ4v) is 10.1. The molecule has 1 saturated carbocycles. The molecular formula is C44H50ClF2N11O4. The van der Waals surface area contributed by atoms with E-state index in [2.05, 4.69) is 48.6 Å². The van der Waals surface area contributed by atoms with Gasteiger partial charge in [-0.2, -0.15) is 10.1 Å². The van der Waals surface area contributed by atoms with Crippen LogP contribution in [-0.2, 0) is 23.7 Å².